The second-order valence-corrected chi connectivity index (χ2v) is 4.21. The maximum absolute atomic E-state index is 11.0. The molecular formula is C11H21NO3. The van der Waals surface area contributed by atoms with Gasteiger partial charge in [-0.15, -0.1) is 0 Å². The van der Waals surface area contributed by atoms with E-state index in [4.69, 9.17) is 9.47 Å². The number of hydrogen-bond donors (Lipinski definition) is 1. The van der Waals surface area contributed by atoms with Crippen LogP contribution in [0.4, 0.5) is 0 Å². The number of amides is 1. The number of methoxy groups -OCH3 is 1. The van der Waals surface area contributed by atoms with Gasteiger partial charge in [0.25, 0.3) is 0 Å². The molecule has 1 aliphatic heterocycles. The lowest BCUT2D eigenvalue weighted by molar-refractivity contribution is -0.210. The number of carbonyl (C=O) groups excluding carboxylic acids is 1. The van der Waals surface area contributed by atoms with Gasteiger partial charge in [-0.3, -0.25) is 4.79 Å². The zero-order valence-electron chi connectivity index (χ0n) is 9.95. The van der Waals surface area contributed by atoms with Crippen molar-refractivity contribution in [3.8, 4) is 0 Å². The summed E-state index contributed by atoms with van der Waals surface area (Å²) >= 11 is 0. The first-order valence-corrected chi connectivity index (χ1v) is 5.53. The van der Waals surface area contributed by atoms with Gasteiger partial charge in [-0.1, -0.05) is 13.8 Å². The minimum absolute atomic E-state index is 0.0229. The first kappa shape index (κ1) is 12.5. The van der Waals surface area contributed by atoms with Crippen molar-refractivity contribution in [2.75, 3.05) is 7.11 Å². The summed E-state index contributed by atoms with van der Waals surface area (Å²) in [6, 6.07) is -0.0229. The molecule has 0 spiro atoms. The lowest BCUT2D eigenvalue weighted by Gasteiger charge is -2.39. The van der Waals surface area contributed by atoms with Gasteiger partial charge >= 0.3 is 0 Å². The molecule has 1 amide bonds. The van der Waals surface area contributed by atoms with E-state index in [2.05, 4.69) is 19.2 Å². The van der Waals surface area contributed by atoms with Crippen LogP contribution in [0, 0.1) is 5.92 Å². The maximum Gasteiger partial charge on any atom is 0.217 e. The van der Waals surface area contributed by atoms with Crippen molar-refractivity contribution in [2.45, 2.75) is 52.0 Å². The molecule has 1 aliphatic rings. The Balaban J connectivity index is 2.60. The zero-order chi connectivity index (χ0) is 11.4. The summed E-state index contributed by atoms with van der Waals surface area (Å²) in [5.41, 5.74) is 0. The monoisotopic (exact) mass is 215 g/mol. The minimum Gasteiger partial charge on any atom is -0.354 e. The van der Waals surface area contributed by atoms with Crippen LogP contribution in [0.3, 0.4) is 0 Å². The average molecular weight is 215 g/mol. The lowest BCUT2D eigenvalue weighted by Crippen LogP contribution is -2.52. The van der Waals surface area contributed by atoms with Crippen LogP contribution in [-0.4, -0.2) is 31.5 Å². The number of ether oxygens (including phenoxy) is 2. The normalized spacial score (nSPS) is 36.3. The molecule has 0 aromatic carbocycles. The van der Waals surface area contributed by atoms with Crippen molar-refractivity contribution < 1.29 is 14.3 Å². The minimum atomic E-state index is -0.310. The summed E-state index contributed by atoms with van der Waals surface area (Å²) < 4.78 is 11.0. The molecule has 4 nitrogen and oxygen atoms in total. The molecule has 0 aliphatic carbocycles. The third-order valence-corrected chi connectivity index (χ3v) is 2.92. The van der Waals surface area contributed by atoms with Crippen molar-refractivity contribution in [3.63, 3.8) is 0 Å². The third-order valence-electron chi connectivity index (χ3n) is 2.92. The number of carbonyl (C=O) groups is 1. The molecule has 15 heavy (non-hydrogen) atoms. The molecule has 4 atom stereocenters. The Kier molecular flexibility index (Phi) is 4.54. The summed E-state index contributed by atoms with van der Waals surface area (Å²) in [6.07, 6.45) is 1.82. The number of hydrogen-bond acceptors (Lipinski definition) is 3. The molecule has 1 saturated heterocycles. The molecule has 1 rings (SSSR count). The van der Waals surface area contributed by atoms with Gasteiger partial charge in [0.05, 0.1) is 12.1 Å². The van der Waals surface area contributed by atoms with E-state index in [-0.39, 0.29) is 24.3 Å². The highest BCUT2D eigenvalue weighted by molar-refractivity contribution is 5.73. The quantitative estimate of drug-likeness (QED) is 0.772. The molecular weight excluding hydrogens is 194 g/mol. The van der Waals surface area contributed by atoms with Gasteiger partial charge in [-0.05, 0) is 18.8 Å². The number of nitrogens with one attached hydrogen (secondary N) is 1. The number of rotatable bonds is 3. The Hall–Kier alpha value is -0.610. The average Bonchev–Trinajstić information content (AvgIpc) is 2.17. The molecule has 1 heterocycles. The van der Waals surface area contributed by atoms with Crippen molar-refractivity contribution in [1.82, 2.24) is 5.32 Å². The zero-order valence-corrected chi connectivity index (χ0v) is 9.95. The summed E-state index contributed by atoms with van der Waals surface area (Å²) in [6.45, 7) is 5.77. The van der Waals surface area contributed by atoms with E-state index in [1.807, 2.05) is 0 Å². The molecule has 0 bridgehead atoms. The topological polar surface area (TPSA) is 47.6 Å². The first-order chi connectivity index (χ1) is 7.08. The fourth-order valence-electron chi connectivity index (χ4n) is 2.17. The van der Waals surface area contributed by atoms with Gasteiger partial charge in [0.1, 0.15) is 0 Å². The Labute approximate surface area is 91.3 Å². The molecule has 4 unspecified atom stereocenters. The summed E-state index contributed by atoms with van der Waals surface area (Å²) in [5, 5.41) is 2.87. The standard InChI is InChI=1S/C11H21NO3/c1-5-10-7(2)6-9(12-8(3)13)11(14-4)15-10/h7,9-11H,5-6H2,1-4H3,(H,12,13). The van der Waals surface area contributed by atoms with E-state index >= 15 is 0 Å². The largest absolute Gasteiger partial charge is 0.354 e. The fraction of sp³-hybridized carbons (Fsp3) is 0.909. The van der Waals surface area contributed by atoms with E-state index in [0.29, 0.717) is 5.92 Å². The van der Waals surface area contributed by atoms with Crippen LogP contribution in [0.5, 0.6) is 0 Å². The molecule has 88 valence electrons. The molecule has 1 fully saturated rings. The van der Waals surface area contributed by atoms with Crippen LogP contribution in [-0.2, 0) is 14.3 Å². The smallest absolute Gasteiger partial charge is 0.217 e. The molecule has 0 radical (unpaired) electrons. The van der Waals surface area contributed by atoms with Gasteiger partial charge in [-0.25, -0.2) is 0 Å². The van der Waals surface area contributed by atoms with Crippen LogP contribution < -0.4 is 5.32 Å². The Morgan fingerprint density at radius 1 is 1.60 bits per heavy atom. The third kappa shape index (κ3) is 3.18. The van der Waals surface area contributed by atoms with Gasteiger partial charge in [0, 0.05) is 14.0 Å². The Bertz CT molecular complexity index is 220. The van der Waals surface area contributed by atoms with Crippen LogP contribution in [0.15, 0.2) is 0 Å². The Morgan fingerprint density at radius 3 is 2.73 bits per heavy atom. The molecule has 1 N–H and O–H groups in total. The highest BCUT2D eigenvalue weighted by Crippen LogP contribution is 2.27. The molecule has 0 aromatic rings. The van der Waals surface area contributed by atoms with Crippen LogP contribution in [0.2, 0.25) is 0 Å². The SMILES string of the molecule is CCC1OC(OC)C(NC(C)=O)CC1C. The van der Waals surface area contributed by atoms with Crippen molar-refractivity contribution in [3.05, 3.63) is 0 Å². The molecule has 0 saturated carbocycles. The van der Waals surface area contributed by atoms with Crippen molar-refractivity contribution >= 4 is 5.91 Å². The van der Waals surface area contributed by atoms with Gasteiger partial charge in [-0.2, -0.15) is 0 Å². The van der Waals surface area contributed by atoms with Crippen LogP contribution >= 0.6 is 0 Å². The highest BCUT2D eigenvalue weighted by atomic mass is 16.7. The summed E-state index contributed by atoms with van der Waals surface area (Å²) in [7, 11) is 1.61. The fourth-order valence-corrected chi connectivity index (χ4v) is 2.17. The van der Waals surface area contributed by atoms with Gasteiger partial charge < -0.3 is 14.8 Å². The second-order valence-electron chi connectivity index (χ2n) is 4.21. The van der Waals surface area contributed by atoms with E-state index < -0.39 is 0 Å². The van der Waals surface area contributed by atoms with E-state index in [1.165, 1.54) is 6.92 Å². The molecule has 0 aromatic heterocycles. The van der Waals surface area contributed by atoms with E-state index in [9.17, 15) is 4.79 Å². The lowest BCUT2D eigenvalue weighted by atomic mass is 9.91. The van der Waals surface area contributed by atoms with E-state index in [1.54, 1.807) is 7.11 Å². The Morgan fingerprint density at radius 2 is 2.27 bits per heavy atom. The second kappa shape index (κ2) is 5.47. The first-order valence-electron chi connectivity index (χ1n) is 5.53. The maximum atomic E-state index is 11.0. The van der Waals surface area contributed by atoms with E-state index in [0.717, 1.165) is 12.8 Å². The predicted octanol–water partition coefficient (Wildman–Crippen LogP) is 1.30. The van der Waals surface area contributed by atoms with Gasteiger partial charge in [0.15, 0.2) is 6.29 Å². The van der Waals surface area contributed by atoms with Crippen molar-refractivity contribution in [1.29, 1.82) is 0 Å². The predicted molar refractivity (Wildman–Crippen MR) is 57.3 cm³/mol. The summed E-state index contributed by atoms with van der Waals surface area (Å²) in [5.74, 6) is 0.422. The van der Waals surface area contributed by atoms with Crippen molar-refractivity contribution in [2.24, 2.45) is 5.92 Å². The van der Waals surface area contributed by atoms with Crippen LogP contribution in [0.1, 0.15) is 33.6 Å². The van der Waals surface area contributed by atoms with Crippen LogP contribution in [0.25, 0.3) is 0 Å². The summed E-state index contributed by atoms with van der Waals surface area (Å²) in [4.78, 5) is 11.0. The molecule has 4 heteroatoms. The van der Waals surface area contributed by atoms with Gasteiger partial charge in [0.2, 0.25) is 5.91 Å². The highest BCUT2D eigenvalue weighted by Gasteiger charge is 2.35.